The SMILES string of the molecule is Cn1cc(-c2cnc(N)c(C(=O)N[C@H]3CCCC[C@@H]3OCc3ccccc3)c2)cn1. The van der Waals surface area contributed by atoms with Gasteiger partial charge < -0.3 is 15.8 Å². The van der Waals surface area contributed by atoms with Gasteiger partial charge in [0.1, 0.15) is 5.82 Å². The number of anilines is 1. The highest BCUT2D eigenvalue weighted by Crippen LogP contribution is 2.25. The van der Waals surface area contributed by atoms with Gasteiger partial charge in [-0.25, -0.2) is 4.98 Å². The number of amides is 1. The summed E-state index contributed by atoms with van der Waals surface area (Å²) in [5.74, 6) is 0.00338. The van der Waals surface area contributed by atoms with E-state index in [0.717, 1.165) is 42.4 Å². The molecule has 1 aromatic carbocycles. The molecule has 7 nitrogen and oxygen atoms in total. The van der Waals surface area contributed by atoms with Crippen LogP contribution in [-0.2, 0) is 18.4 Å². The van der Waals surface area contributed by atoms with Crippen LogP contribution >= 0.6 is 0 Å². The predicted molar refractivity (Wildman–Crippen MR) is 116 cm³/mol. The molecule has 2 aromatic heterocycles. The van der Waals surface area contributed by atoms with Crippen LogP contribution < -0.4 is 11.1 Å². The maximum atomic E-state index is 13.0. The van der Waals surface area contributed by atoms with Crippen LogP contribution in [-0.4, -0.2) is 32.8 Å². The minimum Gasteiger partial charge on any atom is -0.383 e. The van der Waals surface area contributed by atoms with E-state index in [9.17, 15) is 4.79 Å². The van der Waals surface area contributed by atoms with Crippen molar-refractivity contribution in [2.45, 2.75) is 44.4 Å². The quantitative estimate of drug-likeness (QED) is 0.656. The van der Waals surface area contributed by atoms with E-state index >= 15 is 0 Å². The van der Waals surface area contributed by atoms with E-state index < -0.39 is 0 Å². The summed E-state index contributed by atoms with van der Waals surface area (Å²) in [4.78, 5) is 17.3. The molecular weight excluding hydrogens is 378 g/mol. The van der Waals surface area contributed by atoms with Crippen LogP contribution in [0.5, 0.6) is 0 Å². The van der Waals surface area contributed by atoms with Crippen LogP contribution in [0, 0.1) is 0 Å². The van der Waals surface area contributed by atoms with Crippen molar-refractivity contribution in [3.05, 3.63) is 66.1 Å². The molecule has 0 unspecified atom stereocenters. The lowest BCUT2D eigenvalue weighted by molar-refractivity contribution is -0.00460. The highest BCUT2D eigenvalue weighted by Gasteiger charge is 2.28. The number of nitrogens with two attached hydrogens (primary N) is 1. The standard InChI is InChI=1S/C23H27N5O2/c1-28-14-18(13-26-28)17-11-19(22(24)25-12-17)23(29)27-20-9-5-6-10-21(20)30-15-16-7-3-2-4-8-16/h2-4,7-8,11-14,20-21H,5-6,9-10,15H2,1H3,(H2,24,25)(H,27,29)/t20-,21-/m0/s1. The summed E-state index contributed by atoms with van der Waals surface area (Å²) < 4.78 is 7.88. The molecule has 4 rings (SSSR count). The molecule has 30 heavy (non-hydrogen) atoms. The molecule has 0 saturated heterocycles. The second kappa shape index (κ2) is 9.09. The molecule has 2 heterocycles. The molecule has 1 aliphatic rings. The van der Waals surface area contributed by atoms with Crippen molar-refractivity contribution in [1.82, 2.24) is 20.1 Å². The zero-order chi connectivity index (χ0) is 20.9. The molecule has 3 aromatic rings. The average molecular weight is 406 g/mol. The molecule has 0 bridgehead atoms. The number of rotatable bonds is 6. The van der Waals surface area contributed by atoms with E-state index in [-0.39, 0.29) is 23.9 Å². The minimum atomic E-state index is -0.217. The number of benzene rings is 1. The molecule has 2 atom stereocenters. The molecule has 1 aliphatic carbocycles. The molecule has 0 radical (unpaired) electrons. The Labute approximate surface area is 176 Å². The maximum Gasteiger partial charge on any atom is 0.255 e. The smallest absolute Gasteiger partial charge is 0.255 e. The van der Waals surface area contributed by atoms with E-state index in [4.69, 9.17) is 10.5 Å². The van der Waals surface area contributed by atoms with Crippen molar-refractivity contribution >= 4 is 11.7 Å². The number of aromatic nitrogens is 3. The molecule has 156 valence electrons. The minimum absolute atomic E-state index is 0.0152. The Hall–Kier alpha value is -3.19. The van der Waals surface area contributed by atoms with E-state index in [1.807, 2.05) is 43.6 Å². The summed E-state index contributed by atoms with van der Waals surface area (Å²) in [7, 11) is 1.85. The third-order valence-corrected chi connectivity index (χ3v) is 5.53. The number of carbonyl (C=O) groups is 1. The van der Waals surface area contributed by atoms with Gasteiger partial charge in [0.05, 0.1) is 30.5 Å². The van der Waals surface area contributed by atoms with Gasteiger partial charge in [-0.3, -0.25) is 9.48 Å². The Kier molecular flexibility index (Phi) is 6.09. The van der Waals surface area contributed by atoms with Gasteiger partial charge in [0.25, 0.3) is 5.91 Å². The Morgan fingerprint density at radius 1 is 1.20 bits per heavy atom. The number of hydrogen-bond donors (Lipinski definition) is 2. The van der Waals surface area contributed by atoms with Crippen LogP contribution in [0.2, 0.25) is 0 Å². The van der Waals surface area contributed by atoms with Gasteiger partial charge in [-0.2, -0.15) is 5.10 Å². The van der Waals surface area contributed by atoms with Crippen molar-refractivity contribution < 1.29 is 9.53 Å². The lowest BCUT2D eigenvalue weighted by Crippen LogP contribution is -2.46. The van der Waals surface area contributed by atoms with E-state index in [1.54, 1.807) is 23.1 Å². The van der Waals surface area contributed by atoms with Crippen molar-refractivity contribution in [2.24, 2.45) is 7.05 Å². The lowest BCUT2D eigenvalue weighted by atomic mass is 9.92. The van der Waals surface area contributed by atoms with Crippen LogP contribution in [0.15, 0.2) is 55.0 Å². The first kappa shape index (κ1) is 20.1. The highest BCUT2D eigenvalue weighted by atomic mass is 16.5. The molecule has 7 heteroatoms. The normalized spacial score (nSPS) is 18.8. The largest absolute Gasteiger partial charge is 0.383 e. The zero-order valence-corrected chi connectivity index (χ0v) is 17.1. The number of nitrogens with one attached hydrogen (secondary N) is 1. The summed E-state index contributed by atoms with van der Waals surface area (Å²) in [5.41, 5.74) is 9.23. The summed E-state index contributed by atoms with van der Waals surface area (Å²) in [6.07, 6.45) is 9.26. The van der Waals surface area contributed by atoms with Crippen molar-refractivity contribution in [3.8, 4) is 11.1 Å². The van der Waals surface area contributed by atoms with Gasteiger partial charge in [-0.1, -0.05) is 43.2 Å². The summed E-state index contributed by atoms with van der Waals surface area (Å²) >= 11 is 0. The summed E-state index contributed by atoms with van der Waals surface area (Å²) in [6, 6.07) is 11.8. The first-order valence-corrected chi connectivity index (χ1v) is 10.3. The second-order valence-electron chi connectivity index (χ2n) is 7.76. The van der Waals surface area contributed by atoms with Crippen LogP contribution in [0.25, 0.3) is 11.1 Å². The Morgan fingerprint density at radius 3 is 2.77 bits per heavy atom. The topological polar surface area (TPSA) is 95.1 Å². The first-order chi connectivity index (χ1) is 14.6. The zero-order valence-electron chi connectivity index (χ0n) is 17.1. The van der Waals surface area contributed by atoms with Gasteiger partial charge >= 0.3 is 0 Å². The number of aryl methyl sites for hydroxylation is 1. The fourth-order valence-electron chi connectivity index (χ4n) is 3.87. The summed E-state index contributed by atoms with van der Waals surface area (Å²) in [5, 5.41) is 7.32. The molecule has 1 fully saturated rings. The van der Waals surface area contributed by atoms with Gasteiger partial charge in [0, 0.05) is 30.6 Å². The van der Waals surface area contributed by atoms with Crippen molar-refractivity contribution in [3.63, 3.8) is 0 Å². The summed E-state index contributed by atoms with van der Waals surface area (Å²) in [6.45, 7) is 0.540. The van der Waals surface area contributed by atoms with Gasteiger partial charge in [-0.05, 0) is 24.5 Å². The second-order valence-corrected chi connectivity index (χ2v) is 7.76. The van der Waals surface area contributed by atoms with Crippen molar-refractivity contribution in [2.75, 3.05) is 5.73 Å². The maximum absolute atomic E-state index is 13.0. The molecule has 3 N–H and O–H groups in total. The predicted octanol–water partition coefficient (Wildman–Crippen LogP) is 3.32. The molecule has 0 spiro atoms. The van der Waals surface area contributed by atoms with E-state index in [1.165, 1.54) is 0 Å². The first-order valence-electron chi connectivity index (χ1n) is 10.3. The molecule has 0 aliphatic heterocycles. The molecule has 1 amide bonds. The number of nitrogens with zero attached hydrogens (tertiary/aromatic N) is 3. The number of pyridine rings is 1. The monoisotopic (exact) mass is 405 g/mol. The number of hydrogen-bond acceptors (Lipinski definition) is 5. The van der Waals surface area contributed by atoms with Crippen molar-refractivity contribution in [1.29, 1.82) is 0 Å². The number of ether oxygens (including phenoxy) is 1. The Balaban J connectivity index is 1.46. The van der Waals surface area contributed by atoms with Crippen LogP contribution in [0.3, 0.4) is 0 Å². The molecular formula is C23H27N5O2. The van der Waals surface area contributed by atoms with E-state index in [2.05, 4.69) is 15.4 Å². The molecule has 1 saturated carbocycles. The highest BCUT2D eigenvalue weighted by molar-refractivity contribution is 5.99. The van der Waals surface area contributed by atoms with Gasteiger partial charge in [0.15, 0.2) is 0 Å². The van der Waals surface area contributed by atoms with E-state index in [0.29, 0.717) is 12.2 Å². The van der Waals surface area contributed by atoms with Crippen LogP contribution in [0.4, 0.5) is 5.82 Å². The Morgan fingerprint density at radius 2 is 2.00 bits per heavy atom. The van der Waals surface area contributed by atoms with Gasteiger partial charge in [-0.15, -0.1) is 0 Å². The van der Waals surface area contributed by atoms with Crippen LogP contribution in [0.1, 0.15) is 41.6 Å². The Bertz CT molecular complexity index is 1000. The average Bonchev–Trinajstić information content (AvgIpc) is 3.20. The lowest BCUT2D eigenvalue weighted by Gasteiger charge is -2.32. The number of carbonyl (C=O) groups excluding carboxylic acids is 1. The number of nitrogen functional groups attached to an aromatic ring is 1. The fraction of sp³-hybridized carbons (Fsp3) is 0.348. The fourth-order valence-corrected chi connectivity index (χ4v) is 3.87. The third-order valence-electron chi connectivity index (χ3n) is 5.53. The third kappa shape index (κ3) is 4.68. The van der Waals surface area contributed by atoms with Gasteiger partial charge in [0.2, 0.25) is 0 Å².